The molecule has 1 saturated heterocycles. The summed E-state index contributed by atoms with van der Waals surface area (Å²) in [5.74, 6) is 0.113. The van der Waals surface area contributed by atoms with Crippen molar-refractivity contribution in [3.05, 3.63) is 16.1 Å². The van der Waals surface area contributed by atoms with Gasteiger partial charge in [0, 0.05) is 18.6 Å². The first-order chi connectivity index (χ1) is 8.11. The lowest BCUT2D eigenvalue weighted by Gasteiger charge is -2.36. The van der Waals surface area contributed by atoms with Crippen molar-refractivity contribution >= 4 is 17.2 Å². The van der Waals surface area contributed by atoms with Crippen LogP contribution in [0.25, 0.3) is 0 Å². The van der Waals surface area contributed by atoms with Crippen LogP contribution in [0.4, 0.5) is 0 Å². The van der Waals surface area contributed by atoms with Gasteiger partial charge in [0.25, 0.3) is 5.91 Å². The minimum atomic E-state index is 0.113. The third-order valence-electron chi connectivity index (χ3n) is 3.24. The smallest absolute Gasteiger partial charge is 0.265 e. The van der Waals surface area contributed by atoms with E-state index in [1.807, 2.05) is 4.90 Å². The first kappa shape index (κ1) is 12.5. The van der Waals surface area contributed by atoms with Crippen molar-refractivity contribution in [3.63, 3.8) is 0 Å². The van der Waals surface area contributed by atoms with E-state index in [-0.39, 0.29) is 18.0 Å². The molecular weight excluding hydrogens is 234 g/mol. The van der Waals surface area contributed by atoms with Crippen molar-refractivity contribution in [2.75, 3.05) is 6.54 Å². The predicted octanol–water partition coefficient (Wildman–Crippen LogP) is 1.66. The average Bonchev–Trinajstić information content (AvgIpc) is 2.76. The van der Waals surface area contributed by atoms with Crippen molar-refractivity contribution in [3.8, 4) is 0 Å². The fourth-order valence-electron chi connectivity index (χ4n) is 2.22. The molecule has 5 heteroatoms. The third-order valence-corrected chi connectivity index (χ3v) is 4.37. The maximum absolute atomic E-state index is 12.3. The number of carbonyl (C=O) groups is 1. The molecule has 2 heterocycles. The molecule has 0 radical (unpaired) electrons. The van der Waals surface area contributed by atoms with E-state index in [4.69, 9.17) is 5.73 Å². The zero-order chi connectivity index (χ0) is 12.4. The lowest BCUT2D eigenvalue weighted by Crippen LogP contribution is -2.48. The monoisotopic (exact) mass is 253 g/mol. The van der Waals surface area contributed by atoms with Crippen LogP contribution < -0.4 is 5.73 Å². The molecule has 2 rings (SSSR count). The van der Waals surface area contributed by atoms with Crippen molar-refractivity contribution in [1.29, 1.82) is 0 Å². The summed E-state index contributed by atoms with van der Waals surface area (Å²) in [6, 6.07) is 0.472. The lowest BCUT2D eigenvalue weighted by molar-refractivity contribution is 0.0624. The zero-order valence-corrected chi connectivity index (χ0v) is 11.2. The Morgan fingerprint density at radius 1 is 1.71 bits per heavy atom. The van der Waals surface area contributed by atoms with E-state index in [0.29, 0.717) is 0 Å². The largest absolute Gasteiger partial charge is 0.335 e. The molecule has 2 unspecified atom stereocenters. The van der Waals surface area contributed by atoms with Crippen molar-refractivity contribution in [2.24, 2.45) is 5.73 Å². The molecule has 0 saturated carbocycles. The van der Waals surface area contributed by atoms with Crippen molar-refractivity contribution in [1.82, 2.24) is 9.88 Å². The Morgan fingerprint density at radius 2 is 2.47 bits per heavy atom. The maximum Gasteiger partial charge on any atom is 0.265 e. The van der Waals surface area contributed by atoms with Gasteiger partial charge in [-0.3, -0.25) is 4.79 Å². The van der Waals surface area contributed by atoms with Gasteiger partial charge in [-0.15, -0.1) is 11.3 Å². The van der Waals surface area contributed by atoms with E-state index in [0.717, 1.165) is 35.7 Å². The minimum absolute atomic E-state index is 0.113. The second kappa shape index (κ2) is 5.14. The first-order valence-corrected chi connectivity index (χ1v) is 6.94. The average molecular weight is 253 g/mol. The molecule has 1 amide bonds. The van der Waals surface area contributed by atoms with Crippen LogP contribution in [0.3, 0.4) is 0 Å². The fraction of sp³-hybridized carbons (Fsp3) is 0.667. The Hall–Kier alpha value is -0.940. The number of rotatable bonds is 2. The highest BCUT2D eigenvalue weighted by Crippen LogP contribution is 2.21. The van der Waals surface area contributed by atoms with E-state index in [9.17, 15) is 4.79 Å². The van der Waals surface area contributed by atoms with E-state index in [2.05, 4.69) is 18.8 Å². The SMILES string of the molecule is CCc1ncc(C(=O)N2CCC(N)CC2C)s1. The van der Waals surface area contributed by atoms with Crippen molar-refractivity contribution < 1.29 is 4.79 Å². The third kappa shape index (κ3) is 2.66. The van der Waals surface area contributed by atoms with Gasteiger partial charge in [0.05, 0.1) is 11.2 Å². The lowest BCUT2D eigenvalue weighted by atomic mass is 9.99. The van der Waals surface area contributed by atoms with E-state index in [1.54, 1.807) is 6.20 Å². The van der Waals surface area contributed by atoms with Gasteiger partial charge in [0.1, 0.15) is 4.88 Å². The van der Waals surface area contributed by atoms with Crippen LogP contribution in [0.2, 0.25) is 0 Å². The number of hydrogen-bond acceptors (Lipinski definition) is 4. The molecule has 17 heavy (non-hydrogen) atoms. The fourth-order valence-corrected chi connectivity index (χ4v) is 3.04. The second-order valence-corrected chi connectivity index (χ2v) is 5.72. The van der Waals surface area contributed by atoms with Crippen LogP contribution in [-0.2, 0) is 6.42 Å². The van der Waals surface area contributed by atoms with E-state index in [1.165, 1.54) is 11.3 Å². The number of nitrogens with two attached hydrogens (primary N) is 1. The summed E-state index contributed by atoms with van der Waals surface area (Å²) in [7, 11) is 0. The number of amides is 1. The summed E-state index contributed by atoms with van der Waals surface area (Å²) in [5.41, 5.74) is 5.90. The summed E-state index contributed by atoms with van der Waals surface area (Å²) < 4.78 is 0. The molecular formula is C12H19N3OS. The highest BCUT2D eigenvalue weighted by molar-refractivity contribution is 7.13. The number of carbonyl (C=O) groups excluding carboxylic acids is 1. The van der Waals surface area contributed by atoms with Gasteiger partial charge in [-0.2, -0.15) is 0 Å². The quantitative estimate of drug-likeness (QED) is 0.872. The zero-order valence-electron chi connectivity index (χ0n) is 10.3. The number of likely N-dealkylation sites (tertiary alicyclic amines) is 1. The van der Waals surface area contributed by atoms with Gasteiger partial charge in [-0.1, -0.05) is 6.92 Å². The van der Waals surface area contributed by atoms with Gasteiger partial charge < -0.3 is 10.6 Å². The summed E-state index contributed by atoms with van der Waals surface area (Å²) in [4.78, 5) is 19.2. The van der Waals surface area contributed by atoms with Crippen LogP contribution in [0.15, 0.2) is 6.20 Å². The maximum atomic E-state index is 12.3. The van der Waals surface area contributed by atoms with Crippen LogP contribution in [0.5, 0.6) is 0 Å². The Bertz CT molecular complexity index is 404. The number of hydrogen-bond donors (Lipinski definition) is 1. The number of nitrogens with zero attached hydrogens (tertiary/aromatic N) is 2. The predicted molar refractivity (Wildman–Crippen MR) is 69.2 cm³/mol. The molecule has 1 aromatic rings. The molecule has 1 fully saturated rings. The topological polar surface area (TPSA) is 59.2 Å². The molecule has 0 bridgehead atoms. The highest BCUT2D eigenvalue weighted by atomic mass is 32.1. The number of piperidine rings is 1. The molecule has 2 N–H and O–H groups in total. The van der Waals surface area contributed by atoms with Crippen LogP contribution >= 0.6 is 11.3 Å². The Labute approximate surface area is 106 Å². The number of aryl methyl sites for hydroxylation is 1. The summed E-state index contributed by atoms with van der Waals surface area (Å²) in [6.07, 6.45) is 4.38. The van der Waals surface area contributed by atoms with Gasteiger partial charge in [0.2, 0.25) is 0 Å². The molecule has 0 aromatic carbocycles. The standard InChI is InChI=1S/C12H19N3OS/c1-3-11-14-7-10(17-11)12(16)15-5-4-9(13)6-8(15)2/h7-9H,3-6,13H2,1-2H3. The molecule has 1 aliphatic heterocycles. The Kier molecular flexibility index (Phi) is 3.79. The van der Waals surface area contributed by atoms with Gasteiger partial charge in [-0.25, -0.2) is 4.98 Å². The van der Waals surface area contributed by atoms with E-state index < -0.39 is 0 Å². The second-order valence-electron chi connectivity index (χ2n) is 4.60. The Morgan fingerprint density at radius 3 is 3.06 bits per heavy atom. The molecule has 1 aliphatic rings. The number of aromatic nitrogens is 1. The molecule has 4 nitrogen and oxygen atoms in total. The van der Waals surface area contributed by atoms with Gasteiger partial charge >= 0.3 is 0 Å². The summed E-state index contributed by atoms with van der Waals surface area (Å²) >= 11 is 1.50. The van der Waals surface area contributed by atoms with Crippen LogP contribution in [0.1, 0.15) is 41.4 Å². The van der Waals surface area contributed by atoms with Gasteiger partial charge in [0.15, 0.2) is 0 Å². The normalized spacial score (nSPS) is 25.0. The van der Waals surface area contributed by atoms with Gasteiger partial charge in [-0.05, 0) is 26.2 Å². The molecule has 0 aliphatic carbocycles. The first-order valence-electron chi connectivity index (χ1n) is 6.13. The molecule has 94 valence electrons. The highest BCUT2D eigenvalue weighted by Gasteiger charge is 2.28. The summed E-state index contributed by atoms with van der Waals surface area (Å²) in [6.45, 7) is 4.88. The van der Waals surface area contributed by atoms with E-state index >= 15 is 0 Å². The number of thiazole rings is 1. The van der Waals surface area contributed by atoms with Crippen LogP contribution in [0, 0.1) is 0 Å². The van der Waals surface area contributed by atoms with Crippen molar-refractivity contribution in [2.45, 2.75) is 45.2 Å². The van der Waals surface area contributed by atoms with Crippen LogP contribution in [-0.4, -0.2) is 34.4 Å². The molecule has 2 atom stereocenters. The molecule has 0 spiro atoms. The molecule has 1 aromatic heterocycles. The minimum Gasteiger partial charge on any atom is -0.335 e. The summed E-state index contributed by atoms with van der Waals surface area (Å²) in [5, 5.41) is 1.02. The Balaban J connectivity index is 2.09.